The van der Waals surface area contributed by atoms with Crippen LogP contribution in [0.25, 0.3) is 5.76 Å². The molecule has 7 nitrogen and oxygen atoms in total. The largest absolute Gasteiger partial charge is 0.507 e. The quantitative estimate of drug-likeness (QED) is 0.358. The Hall–Kier alpha value is -4.13. The Kier molecular flexibility index (Phi) is 5.87. The number of nitrogens with zero attached hydrogens (tertiary/aromatic N) is 2. The molecule has 0 radical (unpaired) electrons. The van der Waals surface area contributed by atoms with Crippen LogP contribution in [-0.4, -0.2) is 36.0 Å². The van der Waals surface area contributed by atoms with Crippen LogP contribution in [0.15, 0.2) is 66.5 Å². The number of hydrogen-bond acceptors (Lipinski definition) is 6. The van der Waals surface area contributed by atoms with E-state index in [9.17, 15) is 14.7 Å². The second kappa shape index (κ2) is 8.78. The first-order valence-corrected chi connectivity index (χ1v) is 10.4. The van der Waals surface area contributed by atoms with E-state index in [2.05, 4.69) is 4.98 Å². The Morgan fingerprint density at radius 3 is 2.36 bits per heavy atom. The number of aryl methyl sites for hydroxylation is 2. The molecule has 33 heavy (non-hydrogen) atoms. The molecule has 0 spiro atoms. The highest BCUT2D eigenvalue weighted by Gasteiger charge is 2.48. The van der Waals surface area contributed by atoms with E-state index in [4.69, 9.17) is 9.47 Å². The molecule has 2 aromatic carbocycles. The number of aliphatic hydroxyl groups is 1. The van der Waals surface area contributed by atoms with Crippen LogP contribution in [0, 0.1) is 13.8 Å². The number of amides is 1. The minimum absolute atomic E-state index is 0.00780. The van der Waals surface area contributed by atoms with E-state index in [1.807, 2.05) is 13.8 Å². The lowest BCUT2D eigenvalue weighted by molar-refractivity contribution is -0.132. The van der Waals surface area contributed by atoms with Crippen molar-refractivity contribution in [1.29, 1.82) is 0 Å². The predicted molar refractivity (Wildman–Crippen MR) is 124 cm³/mol. The average molecular weight is 444 g/mol. The summed E-state index contributed by atoms with van der Waals surface area (Å²) in [4.78, 5) is 32.1. The van der Waals surface area contributed by atoms with E-state index in [1.54, 1.807) is 68.0 Å². The standard InChI is InChI=1S/C26H24N2O5/c1-15-13-21(33-4)16(2)12-18(15)24(29)22-23(17-8-7-11-27-14-17)28(26(31)25(22)30)19-9-5-6-10-20(19)32-3/h5-14,23,29H,1-4H3/b24-22+. The fraction of sp³-hybridized carbons (Fsp3) is 0.192. The summed E-state index contributed by atoms with van der Waals surface area (Å²) in [6.07, 6.45) is 3.19. The Labute approximate surface area is 191 Å². The minimum atomic E-state index is -0.878. The first-order valence-electron chi connectivity index (χ1n) is 10.4. The van der Waals surface area contributed by atoms with Crippen LogP contribution in [0.3, 0.4) is 0 Å². The number of methoxy groups -OCH3 is 2. The van der Waals surface area contributed by atoms with Gasteiger partial charge in [-0.2, -0.15) is 0 Å². The fourth-order valence-corrected chi connectivity index (χ4v) is 4.17. The van der Waals surface area contributed by atoms with Crippen molar-refractivity contribution >= 4 is 23.1 Å². The third-order valence-corrected chi connectivity index (χ3v) is 5.79. The molecule has 168 valence electrons. The Bertz CT molecular complexity index is 1270. The topological polar surface area (TPSA) is 89.0 Å². The van der Waals surface area contributed by atoms with E-state index in [-0.39, 0.29) is 11.3 Å². The lowest BCUT2D eigenvalue weighted by Crippen LogP contribution is -2.29. The van der Waals surface area contributed by atoms with Crippen LogP contribution in [0.1, 0.15) is 28.3 Å². The summed E-state index contributed by atoms with van der Waals surface area (Å²) in [5.74, 6) is -0.673. The van der Waals surface area contributed by atoms with Gasteiger partial charge in [-0.3, -0.25) is 19.5 Å². The van der Waals surface area contributed by atoms with Crippen molar-refractivity contribution in [3.63, 3.8) is 0 Å². The molecule has 1 aliphatic heterocycles. The van der Waals surface area contributed by atoms with Crippen LogP contribution in [0.5, 0.6) is 11.5 Å². The lowest BCUT2D eigenvalue weighted by Gasteiger charge is -2.26. The molecule has 1 fully saturated rings. The van der Waals surface area contributed by atoms with Gasteiger partial charge in [-0.15, -0.1) is 0 Å². The van der Waals surface area contributed by atoms with E-state index in [0.29, 0.717) is 33.9 Å². The summed E-state index contributed by atoms with van der Waals surface area (Å²) < 4.78 is 10.8. The van der Waals surface area contributed by atoms with Gasteiger partial charge in [0.15, 0.2) is 0 Å². The van der Waals surface area contributed by atoms with Crippen molar-refractivity contribution in [2.24, 2.45) is 0 Å². The van der Waals surface area contributed by atoms with Crippen LogP contribution >= 0.6 is 0 Å². The molecule has 3 aromatic rings. The maximum atomic E-state index is 13.3. The highest BCUT2D eigenvalue weighted by molar-refractivity contribution is 6.52. The van der Waals surface area contributed by atoms with E-state index in [0.717, 1.165) is 5.56 Å². The first kappa shape index (κ1) is 22.1. The molecule has 1 unspecified atom stereocenters. The molecular formula is C26H24N2O5. The summed E-state index contributed by atoms with van der Waals surface area (Å²) in [5.41, 5.74) is 2.97. The highest BCUT2D eigenvalue weighted by Crippen LogP contribution is 2.45. The minimum Gasteiger partial charge on any atom is -0.507 e. The van der Waals surface area contributed by atoms with Gasteiger partial charge in [-0.25, -0.2) is 0 Å². The van der Waals surface area contributed by atoms with Gasteiger partial charge in [0.1, 0.15) is 17.3 Å². The van der Waals surface area contributed by atoms with Gasteiger partial charge >= 0.3 is 0 Å². The molecule has 0 aliphatic carbocycles. The summed E-state index contributed by atoms with van der Waals surface area (Å²) in [5, 5.41) is 11.4. The summed E-state index contributed by atoms with van der Waals surface area (Å²) >= 11 is 0. The van der Waals surface area contributed by atoms with Gasteiger partial charge in [0.25, 0.3) is 11.7 Å². The molecule has 1 amide bonds. The first-order chi connectivity index (χ1) is 15.9. The molecule has 2 heterocycles. The van der Waals surface area contributed by atoms with E-state index < -0.39 is 17.7 Å². The number of anilines is 1. The van der Waals surface area contributed by atoms with Gasteiger partial charge in [0, 0.05) is 18.0 Å². The van der Waals surface area contributed by atoms with Crippen molar-refractivity contribution < 1.29 is 24.2 Å². The number of Topliss-reactive ketones (excluding diaryl/α,β-unsaturated/α-hetero) is 1. The number of carbonyl (C=O) groups excluding carboxylic acids is 2. The van der Waals surface area contributed by atoms with Gasteiger partial charge in [0.2, 0.25) is 0 Å². The monoisotopic (exact) mass is 444 g/mol. The van der Waals surface area contributed by atoms with E-state index in [1.165, 1.54) is 12.0 Å². The molecule has 1 N–H and O–H groups in total. The van der Waals surface area contributed by atoms with Gasteiger partial charge in [-0.1, -0.05) is 18.2 Å². The number of aromatic nitrogens is 1. The summed E-state index contributed by atoms with van der Waals surface area (Å²) in [6.45, 7) is 3.66. The number of hydrogen-bond donors (Lipinski definition) is 1. The normalized spacial score (nSPS) is 17.3. The van der Waals surface area contributed by atoms with Crippen LogP contribution < -0.4 is 14.4 Å². The lowest BCUT2D eigenvalue weighted by atomic mass is 9.93. The smallest absolute Gasteiger partial charge is 0.300 e. The number of carbonyl (C=O) groups is 2. The number of ketones is 1. The Morgan fingerprint density at radius 2 is 1.70 bits per heavy atom. The maximum absolute atomic E-state index is 13.3. The van der Waals surface area contributed by atoms with Crippen LogP contribution in [-0.2, 0) is 9.59 Å². The zero-order valence-electron chi connectivity index (χ0n) is 18.8. The van der Waals surface area contributed by atoms with Gasteiger partial charge in [-0.05, 0) is 60.9 Å². The van der Waals surface area contributed by atoms with Gasteiger partial charge in [0.05, 0.1) is 31.5 Å². The number of rotatable bonds is 5. The van der Waals surface area contributed by atoms with Crippen molar-refractivity contribution in [2.45, 2.75) is 19.9 Å². The molecule has 0 bridgehead atoms. The maximum Gasteiger partial charge on any atom is 0.300 e. The van der Waals surface area contributed by atoms with E-state index >= 15 is 0 Å². The number of benzene rings is 2. The van der Waals surface area contributed by atoms with Crippen molar-refractivity contribution in [3.8, 4) is 11.5 Å². The molecule has 1 aliphatic rings. The molecule has 7 heteroatoms. The molecule has 1 aromatic heterocycles. The third kappa shape index (κ3) is 3.71. The molecule has 0 saturated carbocycles. The second-order valence-corrected chi connectivity index (χ2v) is 7.76. The SMILES string of the molecule is COc1cc(C)c(/C(O)=C2\C(=O)C(=O)N(c3ccccc3OC)C2c2cccnc2)cc1C. The third-order valence-electron chi connectivity index (χ3n) is 5.79. The molecule has 1 saturated heterocycles. The second-order valence-electron chi connectivity index (χ2n) is 7.76. The molecule has 1 atom stereocenters. The molecular weight excluding hydrogens is 420 g/mol. The van der Waals surface area contributed by atoms with Crippen molar-refractivity contribution in [3.05, 3.63) is 88.8 Å². The fourth-order valence-electron chi connectivity index (χ4n) is 4.17. The van der Waals surface area contributed by atoms with Gasteiger partial charge < -0.3 is 14.6 Å². The number of aliphatic hydroxyl groups excluding tert-OH is 1. The Balaban J connectivity index is 1.99. The Morgan fingerprint density at radius 1 is 0.970 bits per heavy atom. The number of pyridine rings is 1. The zero-order valence-corrected chi connectivity index (χ0v) is 18.8. The average Bonchev–Trinajstić information content (AvgIpc) is 3.10. The predicted octanol–water partition coefficient (Wildman–Crippen LogP) is 4.34. The van der Waals surface area contributed by atoms with Crippen LogP contribution in [0.2, 0.25) is 0 Å². The summed E-state index contributed by atoms with van der Waals surface area (Å²) in [6, 6.07) is 13.1. The van der Waals surface area contributed by atoms with Crippen molar-refractivity contribution in [2.75, 3.05) is 19.1 Å². The zero-order chi connectivity index (χ0) is 23.7. The highest BCUT2D eigenvalue weighted by atomic mass is 16.5. The summed E-state index contributed by atoms with van der Waals surface area (Å²) in [7, 11) is 3.07. The number of para-hydroxylation sites is 2. The number of ether oxygens (including phenoxy) is 2. The molecule has 4 rings (SSSR count). The van der Waals surface area contributed by atoms with Crippen molar-refractivity contribution in [1.82, 2.24) is 4.98 Å². The van der Waals surface area contributed by atoms with Crippen LogP contribution in [0.4, 0.5) is 5.69 Å².